The van der Waals surface area contributed by atoms with Crippen LogP contribution < -0.4 is 11.1 Å². The summed E-state index contributed by atoms with van der Waals surface area (Å²) in [5.41, 5.74) is 5.22. The van der Waals surface area contributed by atoms with Crippen LogP contribution in [0.2, 0.25) is 0 Å². The number of ether oxygens (including phenoxy) is 1. The number of hydrogen-bond donors (Lipinski definition) is 2. The van der Waals surface area contributed by atoms with E-state index in [0.717, 1.165) is 38.8 Å². The Kier molecular flexibility index (Phi) is 6.49. The first kappa shape index (κ1) is 16.8. The Morgan fingerprint density at radius 3 is 2.52 bits per heavy atom. The van der Waals surface area contributed by atoms with E-state index < -0.39 is 5.54 Å². The standard InChI is InChI=1S/C17H32N2O2/c1-2-19-17(16(18)20)12-7-8-14(17)11-13-21-15-9-5-3-4-6-10-15/h14-15,19H,2-13H2,1H3,(H2,18,20). The van der Waals surface area contributed by atoms with Crippen LogP contribution in [-0.4, -0.2) is 30.7 Å². The quantitative estimate of drug-likeness (QED) is 0.710. The molecule has 2 fully saturated rings. The van der Waals surface area contributed by atoms with Gasteiger partial charge in [0.1, 0.15) is 5.54 Å². The van der Waals surface area contributed by atoms with Crippen molar-refractivity contribution in [2.24, 2.45) is 11.7 Å². The molecule has 2 atom stereocenters. The van der Waals surface area contributed by atoms with Gasteiger partial charge in [0.2, 0.25) is 5.91 Å². The Labute approximate surface area is 129 Å². The van der Waals surface area contributed by atoms with Gasteiger partial charge in [-0.2, -0.15) is 0 Å². The summed E-state index contributed by atoms with van der Waals surface area (Å²) >= 11 is 0. The highest BCUT2D eigenvalue weighted by molar-refractivity contribution is 5.85. The number of carbonyl (C=O) groups excluding carboxylic acids is 1. The number of nitrogens with one attached hydrogen (secondary N) is 1. The van der Waals surface area contributed by atoms with E-state index in [4.69, 9.17) is 10.5 Å². The molecule has 0 aliphatic heterocycles. The van der Waals surface area contributed by atoms with Crippen molar-refractivity contribution in [3.8, 4) is 0 Å². The van der Waals surface area contributed by atoms with Gasteiger partial charge in [0.25, 0.3) is 0 Å². The molecule has 0 heterocycles. The molecule has 1 amide bonds. The number of primary amides is 1. The Morgan fingerprint density at radius 2 is 1.90 bits per heavy atom. The van der Waals surface area contributed by atoms with Gasteiger partial charge < -0.3 is 15.8 Å². The molecule has 0 aromatic rings. The monoisotopic (exact) mass is 296 g/mol. The van der Waals surface area contributed by atoms with Crippen molar-refractivity contribution in [2.45, 2.75) is 82.8 Å². The zero-order valence-electron chi connectivity index (χ0n) is 13.5. The molecular weight excluding hydrogens is 264 g/mol. The molecule has 0 radical (unpaired) electrons. The second-order valence-electron chi connectivity index (χ2n) is 6.73. The molecule has 2 unspecified atom stereocenters. The zero-order chi connectivity index (χ0) is 15.1. The molecule has 2 rings (SSSR count). The smallest absolute Gasteiger partial charge is 0.238 e. The summed E-state index contributed by atoms with van der Waals surface area (Å²) in [5, 5.41) is 3.38. The summed E-state index contributed by atoms with van der Waals surface area (Å²) in [6.07, 6.45) is 12.2. The van der Waals surface area contributed by atoms with Crippen molar-refractivity contribution >= 4 is 5.91 Å². The molecule has 2 aliphatic carbocycles. The summed E-state index contributed by atoms with van der Waals surface area (Å²) in [6, 6.07) is 0. The summed E-state index contributed by atoms with van der Waals surface area (Å²) < 4.78 is 6.10. The second-order valence-corrected chi connectivity index (χ2v) is 6.73. The van der Waals surface area contributed by atoms with Gasteiger partial charge in [-0.25, -0.2) is 0 Å². The van der Waals surface area contributed by atoms with Gasteiger partial charge >= 0.3 is 0 Å². The average molecular weight is 296 g/mol. The normalized spacial score (nSPS) is 31.2. The topological polar surface area (TPSA) is 64.3 Å². The Balaban J connectivity index is 1.81. The van der Waals surface area contributed by atoms with E-state index in [9.17, 15) is 4.79 Å². The van der Waals surface area contributed by atoms with E-state index in [1.165, 1.54) is 38.5 Å². The van der Waals surface area contributed by atoms with Crippen LogP contribution in [0.5, 0.6) is 0 Å². The van der Waals surface area contributed by atoms with E-state index >= 15 is 0 Å². The average Bonchev–Trinajstić information content (AvgIpc) is 2.70. The second kappa shape index (κ2) is 8.14. The van der Waals surface area contributed by atoms with Crippen LogP contribution in [0, 0.1) is 5.92 Å². The first-order valence-electron chi connectivity index (χ1n) is 8.85. The van der Waals surface area contributed by atoms with Crippen LogP contribution in [0.1, 0.15) is 71.1 Å². The first-order chi connectivity index (χ1) is 10.2. The van der Waals surface area contributed by atoms with E-state index in [0.29, 0.717) is 12.0 Å². The fraction of sp³-hybridized carbons (Fsp3) is 0.941. The zero-order valence-corrected chi connectivity index (χ0v) is 13.5. The van der Waals surface area contributed by atoms with Crippen LogP contribution in [0.3, 0.4) is 0 Å². The number of carbonyl (C=O) groups is 1. The molecule has 0 bridgehead atoms. The van der Waals surface area contributed by atoms with Gasteiger partial charge in [-0.1, -0.05) is 39.0 Å². The SMILES string of the molecule is CCNC1(C(N)=O)CCCC1CCOC1CCCCCC1. The van der Waals surface area contributed by atoms with E-state index in [2.05, 4.69) is 5.32 Å². The van der Waals surface area contributed by atoms with Gasteiger partial charge in [0.15, 0.2) is 0 Å². The Morgan fingerprint density at radius 1 is 1.19 bits per heavy atom. The van der Waals surface area contributed by atoms with Crippen LogP contribution in [-0.2, 0) is 9.53 Å². The maximum Gasteiger partial charge on any atom is 0.238 e. The number of rotatable bonds is 7. The lowest BCUT2D eigenvalue weighted by Gasteiger charge is -2.33. The predicted octanol–water partition coefficient (Wildman–Crippen LogP) is 2.75. The molecule has 0 aromatic carbocycles. The lowest BCUT2D eigenvalue weighted by Crippen LogP contribution is -2.58. The lowest BCUT2D eigenvalue weighted by molar-refractivity contribution is -0.126. The molecule has 0 aromatic heterocycles. The largest absolute Gasteiger partial charge is 0.378 e. The van der Waals surface area contributed by atoms with Crippen LogP contribution in [0.15, 0.2) is 0 Å². The maximum absolute atomic E-state index is 12.0. The summed E-state index contributed by atoms with van der Waals surface area (Å²) in [7, 11) is 0. The van der Waals surface area contributed by atoms with Crippen LogP contribution in [0.25, 0.3) is 0 Å². The van der Waals surface area contributed by atoms with Gasteiger partial charge in [-0.15, -0.1) is 0 Å². The molecule has 0 spiro atoms. The minimum atomic E-state index is -0.485. The van der Waals surface area contributed by atoms with Crippen molar-refractivity contribution in [1.29, 1.82) is 0 Å². The first-order valence-corrected chi connectivity index (χ1v) is 8.85. The summed E-state index contributed by atoms with van der Waals surface area (Å²) in [6.45, 7) is 3.61. The molecule has 3 N–H and O–H groups in total. The fourth-order valence-corrected chi connectivity index (χ4v) is 4.21. The van der Waals surface area contributed by atoms with Crippen molar-refractivity contribution in [1.82, 2.24) is 5.32 Å². The lowest BCUT2D eigenvalue weighted by atomic mass is 9.84. The predicted molar refractivity (Wildman–Crippen MR) is 85.0 cm³/mol. The van der Waals surface area contributed by atoms with Gasteiger partial charge in [0, 0.05) is 6.61 Å². The summed E-state index contributed by atoms with van der Waals surface area (Å²) in [5.74, 6) is 0.155. The fourth-order valence-electron chi connectivity index (χ4n) is 4.21. The molecular formula is C17H32N2O2. The molecule has 21 heavy (non-hydrogen) atoms. The van der Waals surface area contributed by atoms with Gasteiger partial charge in [-0.05, 0) is 44.6 Å². The van der Waals surface area contributed by atoms with E-state index in [-0.39, 0.29) is 5.91 Å². The molecule has 4 nitrogen and oxygen atoms in total. The molecule has 2 saturated carbocycles. The summed E-state index contributed by atoms with van der Waals surface area (Å²) in [4.78, 5) is 12.0. The third-order valence-corrected chi connectivity index (χ3v) is 5.37. The minimum Gasteiger partial charge on any atom is -0.378 e. The number of amides is 1. The Bertz CT molecular complexity index is 327. The maximum atomic E-state index is 12.0. The molecule has 2 aliphatic rings. The highest BCUT2D eigenvalue weighted by Crippen LogP contribution is 2.38. The Hall–Kier alpha value is -0.610. The minimum absolute atomic E-state index is 0.179. The van der Waals surface area contributed by atoms with E-state index in [1.807, 2.05) is 6.92 Å². The molecule has 122 valence electrons. The molecule has 0 saturated heterocycles. The molecule has 4 heteroatoms. The van der Waals surface area contributed by atoms with Crippen LogP contribution >= 0.6 is 0 Å². The number of nitrogens with two attached hydrogens (primary N) is 1. The third-order valence-electron chi connectivity index (χ3n) is 5.37. The third kappa shape index (κ3) is 4.19. The number of likely N-dealkylation sites (N-methyl/N-ethyl adjacent to an activating group) is 1. The highest BCUT2D eigenvalue weighted by atomic mass is 16.5. The van der Waals surface area contributed by atoms with Crippen molar-refractivity contribution < 1.29 is 9.53 Å². The van der Waals surface area contributed by atoms with Crippen LogP contribution in [0.4, 0.5) is 0 Å². The van der Waals surface area contributed by atoms with Gasteiger partial charge in [-0.3, -0.25) is 4.79 Å². The van der Waals surface area contributed by atoms with Crippen molar-refractivity contribution in [2.75, 3.05) is 13.2 Å². The number of hydrogen-bond acceptors (Lipinski definition) is 3. The van der Waals surface area contributed by atoms with Gasteiger partial charge in [0.05, 0.1) is 6.10 Å². The van der Waals surface area contributed by atoms with Crippen molar-refractivity contribution in [3.63, 3.8) is 0 Å². The highest BCUT2D eigenvalue weighted by Gasteiger charge is 2.46. The van der Waals surface area contributed by atoms with Crippen molar-refractivity contribution in [3.05, 3.63) is 0 Å². The van der Waals surface area contributed by atoms with E-state index in [1.54, 1.807) is 0 Å².